The van der Waals surface area contributed by atoms with E-state index < -0.39 is 5.97 Å². The molecule has 1 aliphatic rings. The first-order valence-corrected chi connectivity index (χ1v) is 7.30. The summed E-state index contributed by atoms with van der Waals surface area (Å²) in [6.07, 6.45) is 2.15. The molecule has 2 atom stereocenters. The molecule has 0 aliphatic carbocycles. The molecule has 0 radical (unpaired) electrons. The fraction of sp³-hybridized carbons (Fsp3) is 0.562. The highest BCUT2D eigenvalue weighted by Crippen LogP contribution is 2.30. The summed E-state index contributed by atoms with van der Waals surface area (Å²) >= 11 is 0. The highest BCUT2D eigenvalue weighted by Gasteiger charge is 2.26. The number of ether oxygens (including phenoxy) is 1. The number of piperidine rings is 1. The van der Waals surface area contributed by atoms with Crippen molar-refractivity contribution in [1.29, 1.82) is 0 Å². The van der Waals surface area contributed by atoms with E-state index in [1.807, 2.05) is 13.0 Å². The van der Waals surface area contributed by atoms with Gasteiger partial charge in [-0.3, -0.25) is 9.69 Å². The highest BCUT2D eigenvalue weighted by atomic mass is 19.1. The number of benzene rings is 1. The minimum Gasteiger partial charge on any atom is -0.494 e. The number of carboxylic acids is 1. The first-order valence-electron chi connectivity index (χ1n) is 7.30. The van der Waals surface area contributed by atoms with Crippen LogP contribution < -0.4 is 4.74 Å². The third-order valence-electron chi connectivity index (χ3n) is 4.22. The number of carbonyl (C=O) groups is 1. The van der Waals surface area contributed by atoms with Gasteiger partial charge in [-0.25, -0.2) is 4.39 Å². The van der Waals surface area contributed by atoms with Crippen molar-refractivity contribution in [3.05, 3.63) is 29.6 Å². The lowest BCUT2D eigenvalue weighted by molar-refractivity contribution is -0.138. The Morgan fingerprint density at radius 1 is 1.57 bits per heavy atom. The molecule has 0 spiro atoms. The van der Waals surface area contributed by atoms with Gasteiger partial charge >= 0.3 is 5.97 Å². The lowest BCUT2D eigenvalue weighted by Crippen LogP contribution is -2.38. The molecule has 1 N–H and O–H groups in total. The number of carboxylic acid groups (broad SMARTS) is 1. The first-order chi connectivity index (χ1) is 10.0. The van der Waals surface area contributed by atoms with Crippen LogP contribution in [0.5, 0.6) is 5.75 Å². The number of hydrogen-bond acceptors (Lipinski definition) is 3. The van der Waals surface area contributed by atoms with Crippen molar-refractivity contribution in [2.45, 2.75) is 32.2 Å². The zero-order valence-corrected chi connectivity index (χ0v) is 12.5. The Morgan fingerprint density at radius 2 is 2.33 bits per heavy atom. The van der Waals surface area contributed by atoms with E-state index in [4.69, 9.17) is 9.84 Å². The minimum absolute atomic E-state index is 0.0713. The molecule has 1 aromatic carbocycles. The van der Waals surface area contributed by atoms with Crippen LogP contribution in [0.15, 0.2) is 18.2 Å². The van der Waals surface area contributed by atoms with Crippen LogP contribution in [0, 0.1) is 11.7 Å². The maximum absolute atomic E-state index is 13.8. The van der Waals surface area contributed by atoms with Gasteiger partial charge in [0.1, 0.15) is 0 Å². The van der Waals surface area contributed by atoms with E-state index in [-0.39, 0.29) is 29.9 Å². The standard InChI is InChI=1S/C16H22FNO3/c1-11(13-5-6-15(21-2)14(17)9-13)18-7-3-4-12(10-18)8-16(19)20/h5-6,9,11-12H,3-4,7-8,10H2,1-2H3,(H,19,20). The number of halogens is 1. The summed E-state index contributed by atoms with van der Waals surface area (Å²) in [6, 6.07) is 5.08. The molecule has 21 heavy (non-hydrogen) atoms. The van der Waals surface area contributed by atoms with Crippen LogP contribution in [0.2, 0.25) is 0 Å². The molecule has 1 aromatic rings. The van der Waals surface area contributed by atoms with Crippen molar-refractivity contribution in [1.82, 2.24) is 4.90 Å². The maximum atomic E-state index is 13.8. The molecular formula is C16H22FNO3. The molecule has 0 bridgehead atoms. The fourth-order valence-corrected chi connectivity index (χ4v) is 3.02. The molecule has 2 unspecified atom stereocenters. The Bertz CT molecular complexity index is 506. The van der Waals surface area contributed by atoms with E-state index in [0.29, 0.717) is 0 Å². The molecule has 2 rings (SSSR count). The Balaban J connectivity index is 2.06. The third kappa shape index (κ3) is 3.94. The van der Waals surface area contributed by atoms with Gasteiger partial charge in [0.25, 0.3) is 0 Å². The monoisotopic (exact) mass is 295 g/mol. The Hall–Kier alpha value is -1.62. The number of nitrogens with zero attached hydrogens (tertiary/aromatic N) is 1. The van der Waals surface area contributed by atoms with Gasteiger partial charge < -0.3 is 9.84 Å². The Labute approximate surface area is 124 Å². The molecule has 1 saturated heterocycles. The van der Waals surface area contributed by atoms with Crippen molar-refractivity contribution in [2.75, 3.05) is 20.2 Å². The summed E-state index contributed by atoms with van der Waals surface area (Å²) in [5.74, 6) is -0.680. The molecule has 0 saturated carbocycles. The Morgan fingerprint density at radius 3 is 2.95 bits per heavy atom. The van der Waals surface area contributed by atoms with Gasteiger partial charge in [0, 0.05) is 19.0 Å². The fourth-order valence-electron chi connectivity index (χ4n) is 3.02. The highest BCUT2D eigenvalue weighted by molar-refractivity contribution is 5.67. The summed E-state index contributed by atoms with van der Waals surface area (Å²) in [5, 5.41) is 8.92. The van der Waals surface area contributed by atoms with Crippen LogP contribution in [-0.4, -0.2) is 36.2 Å². The largest absolute Gasteiger partial charge is 0.494 e. The van der Waals surface area contributed by atoms with Crippen molar-refractivity contribution >= 4 is 5.97 Å². The SMILES string of the molecule is COc1ccc(C(C)N2CCCC(CC(=O)O)C2)cc1F. The van der Waals surface area contributed by atoms with Crippen LogP contribution >= 0.6 is 0 Å². The number of methoxy groups -OCH3 is 1. The molecule has 1 fully saturated rings. The smallest absolute Gasteiger partial charge is 0.303 e. The summed E-state index contributed by atoms with van der Waals surface area (Å²) < 4.78 is 18.7. The topological polar surface area (TPSA) is 49.8 Å². The Kier molecular flexibility index (Phi) is 5.17. The molecule has 116 valence electrons. The second-order valence-electron chi connectivity index (χ2n) is 5.67. The molecular weight excluding hydrogens is 273 g/mol. The number of rotatable bonds is 5. The first kappa shape index (κ1) is 15.8. The lowest BCUT2D eigenvalue weighted by atomic mass is 9.93. The molecule has 4 nitrogen and oxygen atoms in total. The average molecular weight is 295 g/mol. The van der Waals surface area contributed by atoms with Gasteiger partial charge in [0.15, 0.2) is 11.6 Å². The molecule has 1 aliphatic heterocycles. The average Bonchev–Trinajstić information content (AvgIpc) is 2.46. The number of likely N-dealkylation sites (tertiary alicyclic amines) is 1. The van der Waals surface area contributed by atoms with Gasteiger partial charge in [-0.1, -0.05) is 6.07 Å². The zero-order chi connectivity index (χ0) is 15.4. The third-order valence-corrected chi connectivity index (χ3v) is 4.22. The van der Waals surface area contributed by atoms with Crippen molar-refractivity contribution in [3.8, 4) is 5.75 Å². The van der Waals surface area contributed by atoms with Gasteiger partial charge in [-0.15, -0.1) is 0 Å². The zero-order valence-electron chi connectivity index (χ0n) is 12.5. The van der Waals surface area contributed by atoms with Crippen molar-refractivity contribution < 1.29 is 19.0 Å². The van der Waals surface area contributed by atoms with E-state index in [0.717, 1.165) is 31.5 Å². The molecule has 5 heteroatoms. The summed E-state index contributed by atoms with van der Waals surface area (Å²) in [7, 11) is 1.45. The summed E-state index contributed by atoms with van der Waals surface area (Å²) in [4.78, 5) is 13.1. The van der Waals surface area contributed by atoms with E-state index in [1.165, 1.54) is 13.2 Å². The number of aliphatic carboxylic acids is 1. The van der Waals surface area contributed by atoms with E-state index >= 15 is 0 Å². The predicted molar refractivity (Wildman–Crippen MR) is 77.9 cm³/mol. The second kappa shape index (κ2) is 6.89. The number of hydrogen-bond donors (Lipinski definition) is 1. The second-order valence-corrected chi connectivity index (χ2v) is 5.67. The quantitative estimate of drug-likeness (QED) is 0.907. The van der Waals surface area contributed by atoms with Crippen LogP contribution in [0.3, 0.4) is 0 Å². The summed E-state index contributed by atoms with van der Waals surface area (Å²) in [6.45, 7) is 3.70. The summed E-state index contributed by atoms with van der Waals surface area (Å²) in [5.41, 5.74) is 0.893. The molecule has 0 amide bonds. The van der Waals surface area contributed by atoms with Gasteiger partial charge in [-0.2, -0.15) is 0 Å². The van der Waals surface area contributed by atoms with Gasteiger partial charge in [0.05, 0.1) is 7.11 Å². The lowest BCUT2D eigenvalue weighted by Gasteiger charge is -2.36. The van der Waals surface area contributed by atoms with Crippen molar-refractivity contribution in [2.24, 2.45) is 5.92 Å². The van der Waals surface area contributed by atoms with Crippen LogP contribution in [0.4, 0.5) is 4.39 Å². The van der Waals surface area contributed by atoms with Crippen LogP contribution in [-0.2, 0) is 4.79 Å². The van der Waals surface area contributed by atoms with E-state index in [9.17, 15) is 9.18 Å². The van der Waals surface area contributed by atoms with Crippen LogP contribution in [0.25, 0.3) is 0 Å². The maximum Gasteiger partial charge on any atom is 0.303 e. The molecule has 0 aromatic heterocycles. The minimum atomic E-state index is -0.745. The van der Waals surface area contributed by atoms with Gasteiger partial charge in [0.2, 0.25) is 0 Å². The van der Waals surface area contributed by atoms with Crippen molar-refractivity contribution in [3.63, 3.8) is 0 Å². The van der Waals surface area contributed by atoms with Gasteiger partial charge in [-0.05, 0) is 49.9 Å². The van der Waals surface area contributed by atoms with E-state index in [2.05, 4.69) is 4.90 Å². The molecule has 1 heterocycles. The predicted octanol–water partition coefficient (Wildman–Crippen LogP) is 3.08. The normalized spacial score (nSPS) is 21.0. The van der Waals surface area contributed by atoms with Crippen LogP contribution in [0.1, 0.15) is 37.8 Å². The van der Waals surface area contributed by atoms with E-state index in [1.54, 1.807) is 6.07 Å².